The van der Waals surface area contributed by atoms with Gasteiger partial charge in [-0.1, -0.05) is 80.6 Å². The minimum absolute atomic E-state index is 0.0111. The monoisotopic (exact) mass is 388 g/mol. The lowest BCUT2D eigenvalue weighted by Gasteiger charge is -2.28. The molecular weight excluding hydrogens is 364 g/mol. The van der Waals surface area contributed by atoms with Gasteiger partial charge < -0.3 is 9.88 Å². The zero-order valence-corrected chi connectivity index (χ0v) is 17.3. The maximum absolute atomic E-state index is 3.84. The van der Waals surface area contributed by atoms with Crippen LogP contribution in [-0.2, 0) is 5.41 Å². The average molecular weight is 389 g/mol. The molecule has 6 rings (SSSR count). The van der Waals surface area contributed by atoms with E-state index in [1.165, 1.54) is 44.3 Å². The molecular formula is C28H24N2. The molecule has 1 aliphatic rings. The van der Waals surface area contributed by atoms with Gasteiger partial charge in [0.15, 0.2) is 0 Å². The third kappa shape index (κ3) is 2.37. The zero-order valence-electron chi connectivity index (χ0n) is 17.3. The molecule has 30 heavy (non-hydrogen) atoms. The Morgan fingerprint density at radius 1 is 0.700 bits per heavy atom. The lowest BCUT2D eigenvalue weighted by molar-refractivity contribution is 0.474. The second-order valence-corrected chi connectivity index (χ2v) is 8.81. The molecule has 1 aromatic heterocycles. The van der Waals surface area contributed by atoms with Crippen LogP contribution >= 0.6 is 0 Å². The van der Waals surface area contributed by atoms with Crippen molar-refractivity contribution in [2.75, 3.05) is 5.32 Å². The first kappa shape index (κ1) is 17.3. The third-order valence-electron chi connectivity index (χ3n) is 6.67. The van der Waals surface area contributed by atoms with Crippen LogP contribution in [0.15, 0.2) is 97.1 Å². The van der Waals surface area contributed by atoms with E-state index in [0.29, 0.717) is 0 Å². The summed E-state index contributed by atoms with van der Waals surface area (Å²) in [4.78, 5) is 0. The molecule has 146 valence electrons. The molecule has 0 amide bonds. The first-order valence-electron chi connectivity index (χ1n) is 10.6. The number of anilines is 1. The number of aromatic nitrogens is 1. The fourth-order valence-corrected chi connectivity index (χ4v) is 5.16. The number of benzene rings is 4. The maximum atomic E-state index is 3.84. The van der Waals surface area contributed by atoms with Gasteiger partial charge in [-0.05, 0) is 41.5 Å². The summed E-state index contributed by atoms with van der Waals surface area (Å²) in [6, 6.07) is 35.2. The summed E-state index contributed by atoms with van der Waals surface area (Å²) < 4.78 is 2.40. The number of fused-ring (bicyclic) bond motifs is 4. The second kappa shape index (κ2) is 6.24. The first-order chi connectivity index (χ1) is 14.6. The van der Waals surface area contributed by atoms with Crippen LogP contribution in [0.2, 0.25) is 0 Å². The van der Waals surface area contributed by atoms with E-state index in [4.69, 9.17) is 0 Å². The minimum Gasteiger partial charge on any atom is -0.377 e. The van der Waals surface area contributed by atoms with Gasteiger partial charge in [-0.25, -0.2) is 0 Å². The Morgan fingerprint density at radius 2 is 1.37 bits per heavy atom. The number of para-hydroxylation sites is 2. The van der Waals surface area contributed by atoms with E-state index in [2.05, 4.69) is 121 Å². The summed E-state index contributed by atoms with van der Waals surface area (Å²) in [7, 11) is 0. The van der Waals surface area contributed by atoms with Gasteiger partial charge >= 0.3 is 0 Å². The molecule has 4 aromatic carbocycles. The quantitative estimate of drug-likeness (QED) is 0.337. The molecule has 1 atom stereocenters. The lowest BCUT2D eigenvalue weighted by atomic mass is 9.77. The van der Waals surface area contributed by atoms with Crippen molar-refractivity contribution in [1.29, 1.82) is 0 Å². The van der Waals surface area contributed by atoms with Crippen LogP contribution in [0, 0.1) is 0 Å². The van der Waals surface area contributed by atoms with Crippen molar-refractivity contribution < 1.29 is 0 Å². The van der Waals surface area contributed by atoms with Gasteiger partial charge in [-0.3, -0.25) is 0 Å². The Kier molecular flexibility index (Phi) is 3.61. The molecule has 2 heterocycles. The van der Waals surface area contributed by atoms with E-state index in [1.54, 1.807) is 0 Å². The molecule has 2 nitrogen and oxygen atoms in total. The number of nitrogens with one attached hydrogen (secondary N) is 1. The fourth-order valence-electron chi connectivity index (χ4n) is 5.16. The van der Waals surface area contributed by atoms with E-state index < -0.39 is 0 Å². The van der Waals surface area contributed by atoms with Gasteiger partial charge in [0.2, 0.25) is 0 Å². The minimum atomic E-state index is -0.0111. The Morgan fingerprint density at radius 3 is 2.13 bits per heavy atom. The summed E-state index contributed by atoms with van der Waals surface area (Å²) in [5.41, 5.74) is 7.67. The molecule has 2 heteroatoms. The number of rotatable bonds is 2. The number of hydrogen-bond acceptors (Lipinski definition) is 1. The standard InChI is InChI=1S/C28H24N2/c1-28(2)23-18-26-22(17-24(23)29-27(28)19-11-5-3-6-12-19)21-15-9-10-16-25(21)30(26)20-13-7-4-8-14-20/h3-18,27,29H,1-2H3. The van der Waals surface area contributed by atoms with Crippen LogP contribution in [0.25, 0.3) is 27.5 Å². The second-order valence-electron chi connectivity index (χ2n) is 8.81. The summed E-state index contributed by atoms with van der Waals surface area (Å²) in [5.74, 6) is 0. The predicted octanol–water partition coefficient (Wildman–Crippen LogP) is 7.23. The number of hydrogen-bond donors (Lipinski definition) is 1. The fraction of sp³-hybridized carbons (Fsp3) is 0.143. The zero-order chi connectivity index (χ0) is 20.3. The van der Waals surface area contributed by atoms with Crippen LogP contribution in [0.5, 0.6) is 0 Å². The largest absolute Gasteiger partial charge is 0.377 e. The highest BCUT2D eigenvalue weighted by molar-refractivity contribution is 6.11. The molecule has 0 aliphatic carbocycles. The molecule has 0 bridgehead atoms. The summed E-state index contributed by atoms with van der Waals surface area (Å²) in [6.07, 6.45) is 0. The van der Waals surface area contributed by atoms with E-state index in [9.17, 15) is 0 Å². The average Bonchev–Trinajstić information content (AvgIpc) is 3.25. The van der Waals surface area contributed by atoms with Gasteiger partial charge in [-0.15, -0.1) is 0 Å². The van der Waals surface area contributed by atoms with Crippen molar-refractivity contribution in [2.24, 2.45) is 0 Å². The van der Waals surface area contributed by atoms with Crippen molar-refractivity contribution in [1.82, 2.24) is 4.57 Å². The normalized spacial score (nSPS) is 17.2. The Bertz CT molecular complexity index is 1380. The van der Waals surface area contributed by atoms with Gasteiger partial charge in [0.05, 0.1) is 17.1 Å². The summed E-state index contributed by atoms with van der Waals surface area (Å²) in [5, 5.41) is 6.43. The van der Waals surface area contributed by atoms with Crippen molar-refractivity contribution >= 4 is 27.5 Å². The highest BCUT2D eigenvalue weighted by Gasteiger charge is 2.40. The molecule has 0 saturated carbocycles. The van der Waals surface area contributed by atoms with Crippen LogP contribution in [0.3, 0.4) is 0 Å². The summed E-state index contributed by atoms with van der Waals surface area (Å²) in [6.45, 7) is 4.70. The highest BCUT2D eigenvalue weighted by Crippen LogP contribution is 2.50. The molecule has 0 saturated heterocycles. The van der Waals surface area contributed by atoms with E-state index in [-0.39, 0.29) is 11.5 Å². The third-order valence-corrected chi connectivity index (χ3v) is 6.67. The van der Waals surface area contributed by atoms with Gasteiger partial charge in [0.1, 0.15) is 0 Å². The summed E-state index contributed by atoms with van der Waals surface area (Å²) >= 11 is 0. The van der Waals surface area contributed by atoms with Crippen molar-refractivity contribution in [3.05, 3.63) is 108 Å². The van der Waals surface area contributed by atoms with E-state index in [1.807, 2.05) is 0 Å². The molecule has 5 aromatic rings. The highest BCUT2D eigenvalue weighted by atomic mass is 15.0. The SMILES string of the molecule is CC1(C)c2cc3c(cc2NC1c1ccccc1)c1ccccc1n3-c1ccccc1. The predicted molar refractivity (Wildman–Crippen MR) is 127 cm³/mol. The molecule has 1 N–H and O–H groups in total. The molecule has 0 fully saturated rings. The van der Waals surface area contributed by atoms with E-state index in [0.717, 1.165) is 0 Å². The van der Waals surface area contributed by atoms with Crippen LogP contribution in [0.1, 0.15) is 31.0 Å². The molecule has 0 radical (unpaired) electrons. The van der Waals surface area contributed by atoms with E-state index >= 15 is 0 Å². The molecule has 1 aliphatic heterocycles. The maximum Gasteiger partial charge on any atom is 0.0606 e. The van der Waals surface area contributed by atoms with Crippen molar-refractivity contribution in [3.63, 3.8) is 0 Å². The van der Waals surface area contributed by atoms with Gasteiger partial charge in [-0.2, -0.15) is 0 Å². The Hall–Kier alpha value is -3.52. The first-order valence-corrected chi connectivity index (χ1v) is 10.6. The Balaban J connectivity index is 1.64. The van der Waals surface area contributed by atoms with Gasteiger partial charge in [0.25, 0.3) is 0 Å². The Labute approximate surface area is 176 Å². The van der Waals surface area contributed by atoms with Crippen LogP contribution in [0.4, 0.5) is 5.69 Å². The smallest absolute Gasteiger partial charge is 0.0606 e. The van der Waals surface area contributed by atoms with Crippen molar-refractivity contribution in [2.45, 2.75) is 25.3 Å². The van der Waals surface area contributed by atoms with Crippen LogP contribution in [-0.4, -0.2) is 4.57 Å². The molecule has 0 spiro atoms. The molecule has 1 unspecified atom stereocenters. The number of nitrogens with zero attached hydrogens (tertiary/aromatic N) is 1. The van der Waals surface area contributed by atoms with Crippen LogP contribution < -0.4 is 5.32 Å². The van der Waals surface area contributed by atoms with Gasteiger partial charge in [0, 0.05) is 27.6 Å². The topological polar surface area (TPSA) is 17.0 Å². The lowest BCUT2D eigenvalue weighted by Crippen LogP contribution is -2.25. The van der Waals surface area contributed by atoms with Crippen molar-refractivity contribution in [3.8, 4) is 5.69 Å².